The summed E-state index contributed by atoms with van der Waals surface area (Å²) >= 11 is 0. The molecule has 1 heterocycles. The smallest absolute Gasteiger partial charge is 0.122 e. The number of nitrogens with zero attached hydrogens (tertiary/aromatic N) is 2. The summed E-state index contributed by atoms with van der Waals surface area (Å²) in [6.45, 7) is 2.46. The van der Waals surface area contributed by atoms with Crippen LogP contribution in [0.3, 0.4) is 0 Å². The van der Waals surface area contributed by atoms with Crippen molar-refractivity contribution in [3.63, 3.8) is 0 Å². The number of ether oxygens (including phenoxy) is 1. The van der Waals surface area contributed by atoms with Crippen LogP contribution in [0.4, 0.5) is 0 Å². The average molecular weight is 245 g/mol. The third-order valence-electron chi connectivity index (χ3n) is 2.71. The van der Waals surface area contributed by atoms with Crippen LogP contribution in [-0.2, 0) is 13.6 Å². The van der Waals surface area contributed by atoms with E-state index in [1.807, 2.05) is 54.3 Å². The van der Waals surface area contributed by atoms with E-state index in [1.165, 1.54) is 0 Å². The number of hydrogen-bond donors (Lipinski definition) is 1. The summed E-state index contributed by atoms with van der Waals surface area (Å²) < 4.78 is 7.63. The van der Waals surface area contributed by atoms with Gasteiger partial charge in [0.15, 0.2) is 0 Å². The maximum atomic E-state index is 5.61. The average Bonchev–Trinajstić information content (AvgIpc) is 2.81. The molecule has 0 amide bonds. The lowest BCUT2D eigenvalue weighted by Crippen LogP contribution is -2.19. The molecule has 4 heteroatoms. The van der Waals surface area contributed by atoms with Gasteiger partial charge in [-0.15, -0.1) is 0 Å². The van der Waals surface area contributed by atoms with E-state index in [0.29, 0.717) is 0 Å². The summed E-state index contributed by atoms with van der Waals surface area (Å²) in [4.78, 5) is 4.25. The number of rotatable bonds is 7. The van der Waals surface area contributed by atoms with Crippen LogP contribution >= 0.6 is 0 Å². The first-order valence-electron chi connectivity index (χ1n) is 6.21. The number of imidazole rings is 1. The van der Waals surface area contributed by atoms with Crippen molar-refractivity contribution >= 4 is 0 Å². The SMILES string of the molecule is Cn1ccnc1CNCCCOc1ccccc1. The predicted octanol–water partition coefficient (Wildman–Crippen LogP) is 1.98. The molecule has 0 radical (unpaired) electrons. The van der Waals surface area contributed by atoms with Gasteiger partial charge in [0.25, 0.3) is 0 Å². The van der Waals surface area contributed by atoms with Crippen LogP contribution in [0.15, 0.2) is 42.7 Å². The van der Waals surface area contributed by atoms with E-state index in [-0.39, 0.29) is 0 Å². The van der Waals surface area contributed by atoms with Crippen molar-refractivity contribution in [3.05, 3.63) is 48.5 Å². The zero-order chi connectivity index (χ0) is 12.6. The van der Waals surface area contributed by atoms with Gasteiger partial charge < -0.3 is 14.6 Å². The zero-order valence-electron chi connectivity index (χ0n) is 10.7. The molecule has 1 aromatic carbocycles. The molecule has 4 nitrogen and oxygen atoms in total. The lowest BCUT2D eigenvalue weighted by atomic mass is 10.3. The molecule has 0 aliphatic heterocycles. The Morgan fingerprint density at radius 2 is 2.11 bits per heavy atom. The first-order chi connectivity index (χ1) is 8.86. The van der Waals surface area contributed by atoms with Crippen molar-refractivity contribution in [3.8, 4) is 5.75 Å². The summed E-state index contributed by atoms with van der Waals surface area (Å²) in [5.74, 6) is 1.99. The van der Waals surface area contributed by atoms with Crippen molar-refractivity contribution in [2.75, 3.05) is 13.2 Å². The minimum atomic E-state index is 0.734. The molecule has 0 saturated carbocycles. The van der Waals surface area contributed by atoms with Gasteiger partial charge >= 0.3 is 0 Å². The van der Waals surface area contributed by atoms with E-state index < -0.39 is 0 Å². The van der Waals surface area contributed by atoms with E-state index in [4.69, 9.17) is 4.74 Å². The molecular formula is C14H19N3O. The van der Waals surface area contributed by atoms with Crippen LogP contribution in [0, 0.1) is 0 Å². The number of benzene rings is 1. The third-order valence-corrected chi connectivity index (χ3v) is 2.71. The topological polar surface area (TPSA) is 39.1 Å². The van der Waals surface area contributed by atoms with Crippen LogP contribution in [-0.4, -0.2) is 22.7 Å². The van der Waals surface area contributed by atoms with Gasteiger partial charge in [-0.05, 0) is 25.1 Å². The Hall–Kier alpha value is -1.81. The Bertz CT molecular complexity index is 453. The zero-order valence-corrected chi connectivity index (χ0v) is 10.7. The van der Waals surface area contributed by atoms with Gasteiger partial charge in [0.05, 0.1) is 13.2 Å². The molecule has 96 valence electrons. The summed E-state index contributed by atoms with van der Waals surface area (Å²) in [6, 6.07) is 9.90. The molecule has 18 heavy (non-hydrogen) atoms. The minimum absolute atomic E-state index is 0.734. The lowest BCUT2D eigenvalue weighted by Gasteiger charge is -2.07. The van der Waals surface area contributed by atoms with Gasteiger partial charge in [0.2, 0.25) is 0 Å². The van der Waals surface area contributed by atoms with Crippen LogP contribution in [0.5, 0.6) is 5.75 Å². The van der Waals surface area contributed by atoms with E-state index in [2.05, 4.69) is 10.3 Å². The predicted molar refractivity (Wildman–Crippen MR) is 71.5 cm³/mol. The normalized spacial score (nSPS) is 10.5. The fourth-order valence-electron chi connectivity index (χ4n) is 1.67. The number of aromatic nitrogens is 2. The standard InChI is InChI=1S/C14H19N3O/c1-17-10-9-16-14(17)12-15-8-5-11-18-13-6-3-2-4-7-13/h2-4,6-7,9-10,15H,5,8,11-12H2,1H3. The molecule has 0 bridgehead atoms. The highest BCUT2D eigenvalue weighted by Gasteiger charge is 1.97. The fraction of sp³-hybridized carbons (Fsp3) is 0.357. The number of para-hydroxylation sites is 1. The molecule has 0 aliphatic carbocycles. The first kappa shape index (κ1) is 12.6. The Balaban J connectivity index is 1.56. The summed E-state index contributed by atoms with van der Waals surface area (Å²) in [7, 11) is 2.00. The Labute approximate surface area is 108 Å². The molecule has 0 fully saturated rings. The molecule has 0 unspecified atom stereocenters. The Kier molecular flexibility index (Phi) is 4.78. The Morgan fingerprint density at radius 3 is 2.83 bits per heavy atom. The molecule has 0 atom stereocenters. The lowest BCUT2D eigenvalue weighted by molar-refractivity contribution is 0.307. The number of nitrogens with one attached hydrogen (secondary N) is 1. The van der Waals surface area contributed by atoms with Crippen LogP contribution in [0.25, 0.3) is 0 Å². The maximum absolute atomic E-state index is 5.61. The first-order valence-corrected chi connectivity index (χ1v) is 6.21. The van der Waals surface area contributed by atoms with Gasteiger partial charge in [-0.3, -0.25) is 0 Å². The second-order valence-corrected chi connectivity index (χ2v) is 4.15. The second-order valence-electron chi connectivity index (χ2n) is 4.15. The largest absolute Gasteiger partial charge is 0.494 e. The summed E-state index contributed by atoms with van der Waals surface area (Å²) in [5, 5.41) is 3.35. The van der Waals surface area contributed by atoms with Crippen LogP contribution in [0.2, 0.25) is 0 Å². The van der Waals surface area contributed by atoms with Gasteiger partial charge in [0, 0.05) is 19.4 Å². The highest BCUT2D eigenvalue weighted by atomic mass is 16.5. The van der Waals surface area contributed by atoms with Crippen molar-refractivity contribution in [2.45, 2.75) is 13.0 Å². The highest BCUT2D eigenvalue weighted by molar-refractivity contribution is 5.20. The maximum Gasteiger partial charge on any atom is 0.122 e. The van der Waals surface area contributed by atoms with Crippen molar-refractivity contribution in [1.82, 2.24) is 14.9 Å². The fourth-order valence-corrected chi connectivity index (χ4v) is 1.67. The van der Waals surface area contributed by atoms with E-state index in [0.717, 1.165) is 37.7 Å². The molecule has 2 rings (SSSR count). The van der Waals surface area contributed by atoms with Crippen molar-refractivity contribution in [2.24, 2.45) is 7.05 Å². The molecule has 0 aliphatic rings. The van der Waals surface area contributed by atoms with Crippen LogP contribution in [0.1, 0.15) is 12.2 Å². The van der Waals surface area contributed by atoms with Crippen LogP contribution < -0.4 is 10.1 Å². The summed E-state index contributed by atoms with van der Waals surface area (Å²) in [5.41, 5.74) is 0. The molecular weight excluding hydrogens is 226 g/mol. The number of aryl methyl sites for hydroxylation is 1. The number of hydrogen-bond acceptors (Lipinski definition) is 3. The molecule has 1 N–H and O–H groups in total. The van der Waals surface area contributed by atoms with Crippen molar-refractivity contribution in [1.29, 1.82) is 0 Å². The van der Waals surface area contributed by atoms with E-state index in [9.17, 15) is 0 Å². The van der Waals surface area contributed by atoms with Crippen molar-refractivity contribution < 1.29 is 4.74 Å². The molecule has 1 aromatic heterocycles. The summed E-state index contributed by atoms with van der Waals surface area (Å²) in [6.07, 6.45) is 4.75. The third kappa shape index (κ3) is 3.89. The van der Waals surface area contributed by atoms with E-state index in [1.54, 1.807) is 0 Å². The highest BCUT2D eigenvalue weighted by Crippen LogP contribution is 2.08. The van der Waals surface area contributed by atoms with Gasteiger partial charge in [0.1, 0.15) is 11.6 Å². The monoisotopic (exact) mass is 245 g/mol. The van der Waals surface area contributed by atoms with Gasteiger partial charge in [-0.2, -0.15) is 0 Å². The molecule has 0 saturated heterocycles. The second kappa shape index (κ2) is 6.81. The minimum Gasteiger partial charge on any atom is -0.494 e. The molecule has 2 aromatic rings. The van der Waals surface area contributed by atoms with E-state index >= 15 is 0 Å². The quantitative estimate of drug-likeness (QED) is 0.758. The Morgan fingerprint density at radius 1 is 1.28 bits per heavy atom. The van der Waals surface area contributed by atoms with Gasteiger partial charge in [-0.25, -0.2) is 4.98 Å². The molecule has 0 spiro atoms. The van der Waals surface area contributed by atoms with Gasteiger partial charge in [-0.1, -0.05) is 18.2 Å².